The lowest BCUT2D eigenvalue weighted by Gasteiger charge is -2.30. The van der Waals surface area contributed by atoms with Crippen LogP contribution in [0, 0.1) is 0 Å². The summed E-state index contributed by atoms with van der Waals surface area (Å²) < 4.78 is 2.39. The van der Waals surface area contributed by atoms with Gasteiger partial charge in [-0.3, -0.25) is 0 Å². The minimum Gasteiger partial charge on any atom is -0.309 e. The molecule has 12 aromatic rings. The van der Waals surface area contributed by atoms with Crippen LogP contribution in [-0.2, 0) is 0 Å². The van der Waals surface area contributed by atoms with E-state index < -0.39 is 0 Å². The van der Waals surface area contributed by atoms with E-state index in [0.717, 1.165) is 39.4 Å². The molecule has 11 aromatic carbocycles. The number of benzene rings is 11. The molecule has 0 bridgehead atoms. The number of aromatic nitrogens is 1. The Hall–Kier alpha value is -8.72. The van der Waals surface area contributed by atoms with Gasteiger partial charge in [0, 0.05) is 33.3 Å². The SMILES string of the molecule is c1ccc(-c2ccccc2N(c2ccc(-c3ccc(-c4cccc5ccccc45)cc3)cc2)c2ccccc2-c2cccc(-c3cccc4c3c3ccccc3n4-c3ccccc3)c2)cc1. The predicted molar refractivity (Wildman–Crippen MR) is 280 cm³/mol. The molecule has 0 unspecified atom stereocenters. The third-order valence-corrected chi connectivity index (χ3v) is 13.0. The summed E-state index contributed by atoms with van der Waals surface area (Å²) in [6.07, 6.45) is 0. The Kier molecular flexibility index (Phi) is 9.89. The van der Waals surface area contributed by atoms with E-state index in [2.05, 4.69) is 276 Å². The number of hydrogen-bond donors (Lipinski definition) is 0. The first-order valence-electron chi connectivity index (χ1n) is 22.7. The third kappa shape index (κ3) is 6.93. The summed E-state index contributed by atoms with van der Waals surface area (Å²) in [7, 11) is 0. The fourth-order valence-corrected chi connectivity index (χ4v) is 9.94. The van der Waals surface area contributed by atoms with Crippen LogP contribution in [0.2, 0.25) is 0 Å². The Bertz CT molecular complexity index is 3670. The maximum absolute atomic E-state index is 2.44. The van der Waals surface area contributed by atoms with Crippen molar-refractivity contribution in [2.24, 2.45) is 0 Å². The van der Waals surface area contributed by atoms with Crippen molar-refractivity contribution in [2.75, 3.05) is 4.90 Å². The molecule has 0 fully saturated rings. The number of nitrogens with zero attached hydrogens (tertiary/aromatic N) is 2. The molecule has 0 spiro atoms. The Balaban J connectivity index is 0.972. The zero-order valence-electron chi connectivity index (χ0n) is 36.3. The highest BCUT2D eigenvalue weighted by Crippen LogP contribution is 2.46. The Labute approximate surface area is 385 Å². The summed E-state index contributed by atoms with van der Waals surface area (Å²) in [5.74, 6) is 0. The van der Waals surface area contributed by atoms with Crippen molar-refractivity contribution in [3.8, 4) is 61.3 Å². The number of para-hydroxylation sites is 4. The van der Waals surface area contributed by atoms with Gasteiger partial charge in [0.1, 0.15) is 0 Å². The maximum Gasteiger partial charge on any atom is 0.0547 e. The van der Waals surface area contributed by atoms with Crippen molar-refractivity contribution >= 4 is 49.6 Å². The van der Waals surface area contributed by atoms with E-state index in [9.17, 15) is 0 Å². The van der Waals surface area contributed by atoms with E-state index in [1.165, 1.54) is 71.5 Å². The normalized spacial score (nSPS) is 11.3. The number of rotatable bonds is 9. The standard InChI is InChI=1S/C64H44N2/c1-3-18-48(19-4-1)56-27-9-12-32-60(56)65(53-42-40-46(41-43-53)45-36-38-49(39-37-45)55-30-16-21-47-20-7-8-26-54(47)55)61-33-13-10-28-57(61)50-22-15-23-51(44-50)58-31-17-35-63-64(58)59-29-11-14-34-62(59)66(63)52-24-5-2-6-25-52/h1-44H. The molecule has 0 saturated heterocycles. The van der Waals surface area contributed by atoms with Crippen LogP contribution < -0.4 is 4.90 Å². The summed E-state index contributed by atoms with van der Waals surface area (Å²) in [5, 5.41) is 5.02. The molecule has 2 heteroatoms. The fraction of sp³-hybridized carbons (Fsp3) is 0. The van der Waals surface area contributed by atoms with Crippen LogP contribution in [0.4, 0.5) is 17.1 Å². The van der Waals surface area contributed by atoms with Crippen molar-refractivity contribution < 1.29 is 0 Å². The molecule has 0 atom stereocenters. The van der Waals surface area contributed by atoms with Gasteiger partial charge in [-0.2, -0.15) is 0 Å². The van der Waals surface area contributed by atoms with Crippen LogP contribution in [-0.4, -0.2) is 4.57 Å². The molecule has 0 amide bonds. The summed E-state index contributed by atoms with van der Waals surface area (Å²) in [5.41, 5.74) is 18.7. The lowest BCUT2D eigenvalue weighted by Crippen LogP contribution is -2.12. The lowest BCUT2D eigenvalue weighted by atomic mass is 9.94. The summed E-state index contributed by atoms with van der Waals surface area (Å²) in [6, 6.07) is 96.8. The quantitative estimate of drug-likeness (QED) is 0.141. The van der Waals surface area contributed by atoms with Crippen molar-refractivity contribution in [2.45, 2.75) is 0 Å². The first-order valence-corrected chi connectivity index (χ1v) is 22.7. The van der Waals surface area contributed by atoms with Gasteiger partial charge in [-0.05, 0) is 110 Å². The van der Waals surface area contributed by atoms with Crippen molar-refractivity contribution in [3.05, 3.63) is 267 Å². The molecule has 1 heterocycles. The van der Waals surface area contributed by atoms with Gasteiger partial charge >= 0.3 is 0 Å². The molecule has 1 aromatic heterocycles. The zero-order chi connectivity index (χ0) is 43.8. The second kappa shape index (κ2) is 16.8. The molecule has 0 radical (unpaired) electrons. The number of anilines is 3. The minimum absolute atomic E-state index is 1.08. The average Bonchev–Trinajstić information content (AvgIpc) is 3.74. The van der Waals surface area contributed by atoms with E-state index in [1.54, 1.807) is 0 Å². The Morgan fingerprint density at radius 2 is 0.727 bits per heavy atom. The monoisotopic (exact) mass is 840 g/mol. The highest BCUT2D eigenvalue weighted by atomic mass is 15.1. The molecule has 0 N–H and O–H groups in total. The molecule has 2 nitrogen and oxygen atoms in total. The van der Waals surface area contributed by atoms with Crippen LogP contribution in [0.5, 0.6) is 0 Å². The van der Waals surface area contributed by atoms with E-state index >= 15 is 0 Å². The van der Waals surface area contributed by atoms with Gasteiger partial charge in [0.15, 0.2) is 0 Å². The molecule has 0 saturated carbocycles. The van der Waals surface area contributed by atoms with Gasteiger partial charge in [0.2, 0.25) is 0 Å². The summed E-state index contributed by atoms with van der Waals surface area (Å²) in [4.78, 5) is 2.44. The minimum atomic E-state index is 1.08. The second-order valence-corrected chi connectivity index (χ2v) is 16.9. The van der Waals surface area contributed by atoms with Gasteiger partial charge in [-0.25, -0.2) is 0 Å². The first-order chi connectivity index (χ1) is 32.8. The summed E-state index contributed by atoms with van der Waals surface area (Å²) in [6.45, 7) is 0. The largest absolute Gasteiger partial charge is 0.309 e. The predicted octanol–water partition coefficient (Wildman–Crippen LogP) is 17.7. The maximum atomic E-state index is 2.44. The highest BCUT2D eigenvalue weighted by molar-refractivity contribution is 6.16. The lowest BCUT2D eigenvalue weighted by molar-refractivity contribution is 1.18. The Morgan fingerprint density at radius 1 is 0.273 bits per heavy atom. The van der Waals surface area contributed by atoms with Crippen molar-refractivity contribution in [3.63, 3.8) is 0 Å². The number of hydrogen-bond acceptors (Lipinski definition) is 1. The molecule has 0 aliphatic rings. The smallest absolute Gasteiger partial charge is 0.0547 e. The van der Waals surface area contributed by atoms with Crippen LogP contribution in [0.1, 0.15) is 0 Å². The Morgan fingerprint density at radius 3 is 1.47 bits per heavy atom. The van der Waals surface area contributed by atoms with E-state index in [1.807, 2.05) is 0 Å². The van der Waals surface area contributed by atoms with E-state index in [4.69, 9.17) is 0 Å². The highest BCUT2D eigenvalue weighted by Gasteiger charge is 2.22. The summed E-state index contributed by atoms with van der Waals surface area (Å²) >= 11 is 0. The molecule has 0 aliphatic carbocycles. The van der Waals surface area contributed by atoms with Crippen molar-refractivity contribution in [1.29, 1.82) is 0 Å². The van der Waals surface area contributed by atoms with Crippen LogP contribution >= 0.6 is 0 Å². The number of fused-ring (bicyclic) bond motifs is 4. The molecule has 310 valence electrons. The van der Waals surface area contributed by atoms with Gasteiger partial charge < -0.3 is 9.47 Å². The first kappa shape index (κ1) is 38.9. The van der Waals surface area contributed by atoms with Gasteiger partial charge in [-0.1, -0.05) is 212 Å². The van der Waals surface area contributed by atoms with E-state index in [-0.39, 0.29) is 0 Å². The van der Waals surface area contributed by atoms with Crippen LogP contribution in [0.15, 0.2) is 267 Å². The fourth-order valence-electron chi connectivity index (χ4n) is 9.94. The van der Waals surface area contributed by atoms with E-state index in [0.29, 0.717) is 0 Å². The third-order valence-electron chi connectivity index (χ3n) is 13.0. The average molecular weight is 841 g/mol. The van der Waals surface area contributed by atoms with Gasteiger partial charge in [0.25, 0.3) is 0 Å². The molecular formula is C64H44N2. The zero-order valence-corrected chi connectivity index (χ0v) is 36.3. The van der Waals surface area contributed by atoms with Crippen molar-refractivity contribution in [1.82, 2.24) is 4.57 Å². The second-order valence-electron chi connectivity index (χ2n) is 16.9. The molecule has 66 heavy (non-hydrogen) atoms. The van der Waals surface area contributed by atoms with Crippen LogP contribution in [0.25, 0.3) is 93.9 Å². The van der Waals surface area contributed by atoms with Gasteiger partial charge in [0.05, 0.1) is 22.4 Å². The topological polar surface area (TPSA) is 8.17 Å². The molecule has 12 rings (SSSR count). The molecular weight excluding hydrogens is 797 g/mol. The molecule has 0 aliphatic heterocycles. The van der Waals surface area contributed by atoms with Gasteiger partial charge in [-0.15, -0.1) is 0 Å². The van der Waals surface area contributed by atoms with Crippen LogP contribution in [0.3, 0.4) is 0 Å².